The fraction of sp³-hybridized carbons (Fsp3) is 0.182. The first-order chi connectivity index (χ1) is 13.0. The zero-order valence-corrected chi connectivity index (χ0v) is 15.4. The maximum Gasteiger partial charge on any atom is 0.255 e. The molecule has 1 aromatic heterocycles. The van der Waals surface area contributed by atoms with Crippen LogP contribution < -0.4 is 5.32 Å². The number of nitrogens with one attached hydrogen (secondary N) is 1. The molecule has 0 spiro atoms. The Bertz CT molecular complexity index is 878. The van der Waals surface area contributed by atoms with Crippen molar-refractivity contribution < 1.29 is 9.18 Å². The number of hydrogen-bond donors (Lipinski definition) is 1. The maximum atomic E-state index is 13.0. The Kier molecular flexibility index (Phi) is 5.81. The Morgan fingerprint density at radius 1 is 1.04 bits per heavy atom. The van der Waals surface area contributed by atoms with Crippen LogP contribution >= 0.6 is 0 Å². The Morgan fingerprint density at radius 3 is 2.33 bits per heavy atom. The van der Waals surface area contributed by atoms with E-state index in [1.54, 1.807) is 30.5 Å². The van der Waals surface area contributed by atoms with Crippen molar-refractivity contribution in [1.82, 2.24) is 9.88 Å². The summed E-state index contributed by atoms with van der Waals surface area (Å²) in [7, 11) is 0. The number of halogens is 1. The van der Waals surface area contributed by atoms with E-state index in [9.17, 15) is 9.18 Å². The first kappa shape index (κ1) is 18.6. The smallest absolute Gasteiger partial charge is 0.255 e. The van der Waals surface area contributed by atoms with Gasteiger partial charge in [-0.05, 0) is 55.8 Å². The van der Waals surface area contributed by atoms with E-state index in [2.05, 4.69) is 10.3 Å². The number of aromatic nitrogens is 1. The minimum Gasteiger partial charge on any atom is -0.340 e. The zero-order chi connectivity index (χ0) is 19.2. The standard InChI is InChI=1S/C22H22FN3O/c1-16(2)26(15-17-6-4-3-5-7-17)22(27)18-8-13-21(24-14-18)25-20-11-9-19(23)10-12-20/h3-14,16H,15H2,1-2H3,(H,24,25). The Labute approximate surface area is 158 Å². The number of carbonyl (C=O) groups is 1. The molecule has 3 rings (SSSR count). The van der Waals surface area contributed by atoms with Gasteiger partial charge in [-0.1, -0.05) is 30.3 Å². The summed E-state index contributed by atoms with van der Waals surface area (Å²) in [5.41, 5.74) is 2.35. The van der Waals surface area contributed by atoms with E-state index in [-0.39, 0.29) is 17.8 Å². The van der Waals surface area contributed by atoms with Gasteiger partial charge in [-0.15, -0.1) is 0 Å². The van der Waals surface area contributed by atoms with Gasteiger partial charge in [0.2, 0.25) is 0 Å². The fourth-order valence-corrected chi connectivity index (χ4v) is 2.71. The molecule has 0 fully saturated rings. The molecule has 1 N–H and O–H groups in total. The fourth-order valence-electron chi connectivity index (χ4n) is 2.71. The monoisotopic (exact) mass is 363 g/mol. The van der Waals surface area contributed by atoms with Crippen molar-refractivity contribution in [2.24, 2.45) is 0 Å². The third-order valence-corrected chi connectivity index (χ3v) is 4.21. The number of hydrogen-bond acceptors (Lipinski definition) is 3. The molecule has 2 aromatic carbocycles. The van der Waals surface area contributed by atoms with Gasteiger partial charge < -0.3 is 10.2 Å². The molecule has 0 atom stereocenters. The zero-order valence-electron chi connectivity index (χ0n) is 15.4. The molecule has 138 valence electrons. The average molecular weight is 363 g/mol. The van der Waals surface area contributed by atoms with Crippen LogP contribution in [0.25, 0.3) is 0 Å². The molecule has 1 amide bonds. The van der Waals surface area contributed by atoms with Crippen LogP contribution in [-0.2, 0) is 6.54 Å². The van der Waals surface area contributed by atoms with Crippen molar-refractivity contribution >= 4 is 17.4 Å². The molecule has 0 unspecified atom stereocenters. The van der Waals surface area contributed by atoms with Crippen LogP contribution in [-0.4, -0.2) is 21.8 Å². The van der Waals surface area contributed by atoms with Crippen molar-refractivity contribution in [3.63, 3.8) is 0 Å². The molecule has 0 bridgehead atoms. The van der Waals surface area contributed by atoms with Crippen molar-refractivity contribution in [3.8, 4) is 0 Å². The summed E-state index contributed by atoms with van der Waals surface area (Å²) in [6.45, 7) is 4.55. The third-order valence-electron chi connectivity index (χ3n) is 4.21. The summed E-state index contributed by atoms with van der Waals surface area (Å²) in [5, 5.41) is 3.09. The first-order valence-corrected chi connectivity index (χ1v) is 8.86. The number of nitrogens with zero attached hydrogens (tertiary/aromatic N) is 2. The lowest BCUT2D eigenvalue weighted by molar-refractivity contribution is 0.0690. The van der Waals surface area contributed by atoms with E-state index in [0.29, 0.717) is 17.9 Å². The predicted molar refractivity (Wildman–Crippen MR) is 105 cm³/mol. The van der Waals surface area contributed by atoms with Crippen LogP contribution in [0, 0.1) is 5.82 Å². The molecule has 0 aliphatic heterocycles. The Balaban J connectivity index is 1.72. The second kappa shape index (κ2) is 8.45. The van der Waals surface area contributed by atoms with Crippen LogP contribution in [0.3, 0.4) is 0 Å². The molecular weight excluding hydrogens is 341 g/mol. The number of benzene rings is 2. The summed E-state index contributed by atoms with van der Waals surface area (Å²) < 4.78 is 13.0. The van der Waals surface area contributed by atoms with Gasteiger partial charge in [0.05, 0.1) is 5.56 Å². The van der Waals surface area contributed by atoms with Crippen LogP contribution in [0.2, 0.25) is 0 Å². The summed E-state index contributed by atoms with van der Waals surface area (Å²) in [6.07, 6.45) is 1.56. The highest BCUT2D eigenvalue weighted by Gasteiger charge is 2.19. The topological polar surface area (TPSA) is 45.2 Å². The number of rotatable bonds is 6. The average Bonchev–Trinajstić information content (AvgIpc) is 2.68. The molecule has 0 aliphatic carbocycles. The molecule has 0 saturated heterocycles. The molecule has 0 saturated carbocycles. The lowest BCUT2D eigenvalue weighted by Crippen LogP contribution is -2.36. The van der Waals surface area contributed by atoms with E-state index in [0.717, 1.165) is 11.3 Å². The molecule has 27 heavy (non-hydrogen) atoms. The molecule has 4 nitrogen and oxygen atoms in total. The SMILES string of the molecule is CC(C)N(Cc1ccccc1)C(=O)c1ccc(Nc2ccc(F)cc2)nc1. The van der Waals surface area contributed by atoms with Gasteiger partial charge in [0.15, 0.2) is 0 Å². The molecule has 0 radical (unpaired) electrons. The normalized spacial score (nSPS) is 10.7. The summed E-state index contributed by atoms with van der Waals surface area (Å²) in [5.74, 6) is 0.244. The highest BCUT2D eigenvalue weighted by molar-refractivity contribution is 5.94. The second-order valence-electron chi connectivity index (χ2n) is 6.58. The lowest BCUT2D eigenvalue weighted by atomic mass is 10.1. The predicted octanol–water partition coefficient (Wildman–Crippen LogP) is 5.02. The maximum absolute atomic E-state index is 13.0. The minimum atomic E-state index is -0.290. The van der Waals surface area contributed by atoms with Crippen molar-refractivity contribution in [3.05, 3.63) is 89.9 Å². The number of amides is 1. The van der Waals surface area contributed by atoms with Crippen LogP contribution in [0.4, 0.5) is 15.9 Å². The molecular formula is C22H22FN3O. The molecule has 1 heterocycles. The molecule has 3 aromatic rings. The Morgan fingerprint density at radius 2 is 1.74 bits per heavy atom. The largest absolute Gasteiger partial charge is 0.340 e. The van der Waals surface area contributed by atoms with Gasteiger partial charge in [-0.3, -0.25) is 4.79 Å². The second-order valence-corrected chi connectivity index (χ2v) is 6.58. The van der Waals surface area contributed by atoms with E-state index in [1.807, 2.05) is 49.1 Å². The van der Waals surface area contributed by atoms with Gasteiger partial charge in [0.25, 0.3) is 5.91 Å². The van der Waals surface area contributed by atoms with Gasteiger partial charge >= 0.3 is 0 Å². The van der Waals surface area contributed by atoms with E-state index < -0.39 is 0 Å². The number of carbonyl (C=O) groups excluding carboxylic acids is 1. The van der Waals surface area contributed by atoms with Gasteiger partial charge in [-0.25, -0.2) is 9.37 Å². The van der Waals surface area contributed by atoms with Crippen molar-refractivity contribution in [1.29, 1.82) is 0 Å². The first-order valence-electron chi connectivity index (χ1n) is 8.86. The quantitative estimate of drug-likeness (QED) is 0.669. The van der Waals surface area contributed by atoms with Gasteiger partial charge in [-0.2, -0.15) is 0 Å². The lowest BCUT2D eigenvalue weighted by Gasteiger charge is -2.27. The molecule has 0 aliphatic rings. The highest BCUT2D eigenvalue weighted by atomic mass is 19.1. The Hall–Kier alpha value is -3.21. The van der Waals surface area contributed by atoms with E-state index in [1.165, 1.54) is 12.1 Å². The summed E-state index contributed by atoms with van der Waals surface area (Å²) in [6, 6.07) is 19.5. The molecule has 5 heteroatoms. The van der Waals surface area contributed by atoms with E-state index >= 15 is 0 Å². The summed E-state index contributed by atoms with van der Waals surface area (Å²) >= 11 is 0. The number of pyridine rings is 1. The van der Waals surface area contributed by atoms with Crippen LogP contribution in [0.1, 0.15) is 29.8 Å². The summed E-state index contributed by atoms with van der Waals surface area (Å²) in [4.78, 5) is 19.1. The van der Waals surface area contributed by atoms with E-state index in [4.69, 9.17) is 0 Å². The van der Waals surface area contributed by atoms with Crippen LogP contribution in [0.5, 0.6) is 0 Å². The van der Waals surface area contributed by atoms with Crippen molar-refractivity contribution in [2.75, 3.05) is 5.32 Å². The third kappa shape index (κ3) is 4.91. The number of anilines is 2. The van der Waals surface area contributed by atoms with Crippen molar-refractivity contribution in [2.45, 2.75) is 26.4 Å². The van der Waals surface area contributed by atoms with Crippen LogP contribution in [0.15, 0.2) is 72.9 Å². The highest BCUT2D eigenvalue weighted by Crippen LogP contribution is 2.17. The van der Waals surface area contributed by atoms with Gasteiger partial charge in [0, 0.05) is 24.5 Å². The minimum absolute atomic E-state index is 0.0605. The van der Waals surface area contributed by atoms with Gasteiger partial charge in [0.1, 0.15) is 11.6 Å².